The van der Waals surface area contributed by atoms with Crippen LogP contribution in [-0.2, 0) is 22.4 Å². The van der Waals surface area contributed by atoms with Crippen LogP contribution in [0.15, 0.2) is 46.7 Å². The lowest BCUT2D eigenvalue weighted by molar-refractivity contribution is -0.115. The predicted octanol–water partition coefficient (Wildman–Crippen LogP) is 7.12. The van der Waals surface area contributed by atoms with Crippen molar-refractivity contribution in [3.63, 3.8) is 0 Å². The molecule has 0 spiro atoms. The fourth-order valence-electron chi connectivity index (χ4n) is 4.45. The molecule has 0 saturated heterocycles. The van der Waals surface area contributed by atoms with Crippen molar-refractivity contribution in [2.45, 2.75) is 57.1 Å². The average Bonchev–Trinajstić information content (AvgIpc) is 3.51. The van der Waals surface area contributed by atoms with E-state index in [1.54, 1.807) is 6.07 Å². The molecule has 9 heteroatoms. The van der Waals surface area contributed by atoms with E-state index in [-0.39, 0.29) is 17.2 Å². The van der Waals surface area contributed by atoms with Crippen LogP contribution in [0.4, 0.5) is 10.7 Å². The molecule has 1 aliphatic rings. The molecule has 2 N–H and O–H groups in total. The molecule has 0 radical (unpaired) electrons. The van der Waals surface area contributed by atoms with E-state index in [0.29, 0.717) is 27.0 Å². The van der Waals surface area contributed by atoms with E-state index >= 15 is 0 Å². The average molecular weight is 557 g/mol. The number of anilines is 2. The number of esters is 1. The minimum atomic E-state index is -0.421. The molecule has 1 aliphatic carbocycles. The van der Waals surface area contributed by atoms with Gasteiger partial charge in [0.15, 0.2) is 0 Å². The van der Waals surface area contributed by atoms with Gasteiger partial charge in [-0.05, 0) is 72.7 Å². The molecule has 2 atom stereocenters. The van der Waals surface area contributed by atoms with Crippen LogP contribution in [0, 0.1) is 11.3 Å². The molecule has 6 nitrogen and oxygen atoms in total. The summed E-state index contributed by atoms with van der Waals surface area (Å²) in [6.45, 7) is 8.59. The summed E-state index contributed by atoms with van der Waals surface area (Å²) < 4.78 is 5.08. The Morgan fingerprint density at radius 1 is 1.14 bits per heavy atom. The van der Waals surface area contributed by atoms with Gasteiger partial charge in [0.1, 0.15) is 5.00 Å². The van der Waals surface area contributed by atoms with E-state index in [4.69, 9.17) is 4.74 Å². The number of rotatable bonds is 7. The smallest absolute Gasteiger partial charge is 0.341 e. The van der Waals surface area contributed by atoms with Gasteiger partial charge in [0.25, 0.3) is 5.91 Å². The molecule has 2 amide bonds. The molecule has 3 aromatic rings. The molecule has 0 saturated carbocycles. The molecular weight excluding hydrogens is 525 g/mol. The molecule has 196 valence electrons. The van der Waals surface area contributed by atoms with E-state index in [2.05, 4.69) is 31.4 Å². The number of nitrogens with one attached hydrogen (secondary N) is 2. The van der Waals surface area contributed by atoms with E-state index in [0.717, 1.165) is 34.6 Å². The van der Waals surface area contributed by atoms with Crippen LogP contribution >= 0.6 is 34.4 Å². The molecule has 0 aliphatic heterocycles. The number of methoxy groups -OCH3 is 1. The molecule has 1 aromatic carbocycles. The summed E-state index contributed by atoms with van der Waals surface area (Å²) in [6.07, 6.45) is 2.72. The summed E-state index contributed by atoms with van der Waals surface area (Å²) in [5.41, 5.74) is 2.36. The van der Waals surface area contributed by atoms with Gasteiger partial charge in [0.2, 0.25) is 5.91 Å². The minimum Gasteiger partial charge on any atom is -0.465 e. The summed E-state index contributed by atoms with van der Waals surface area (Å²) in [6, 6.07) is 11.1. The lowest BCUT2D eigenvalue weighted by Crippen LogP contribution is -2.26. The van der Waals surface area contributed by atoms with Crippen molar-refractivity contribution in [1.29, 1.82) is 0 Å². The second-order valence-corrected chi connectivity index (χ2v) is 13.7. The third-order valence-corrected chi connectivity index (χ3v) is 9.77. The Labute approximate surface area is 230 Å². The largest absolute Gasteiger partial charge is 0.465 e. The summed E-state index contributed by atoms with van der Waals surface area (Å²) in [7, 11) is 1.38. The SMILES string of the molecule is COC(=O)c1c(NC(=O)C(C)Sc2cccc(NC(=O)c3cccs3)c2)sc2c1CCC(C(C)(C)C)C2. The zero-order valence-corrected chi connectivity index (χ0v) is 24.1. The molecule has 4 rings (SSSR count). The molecule has 2 unspecified atom stereocenters. The van der Waals surface area contributed by atoms with Crippen LogP contribution in [0.5, 0.6) is 0 Å². The van der Waals surface area contributed by atoms with E-state index < -0.39 is 11.2 Å². The first kappa shape index (κ1) is 27.4. The number of amides is 2. The van der Waals surface area contributed by atoms with Crippen molar-refractivity contribution < 1.29 is 19.1 Å². The van der Waals surface area contributed by atoms with Crippen LogP contribution < -0.4 is 10.6 Å². The van der Waals surface area contributed by atoms with Crippen molar-refractivity contribution in [2.75, 3.05) is 17.7 Å². The van der Waals surface area contributed by atoms with E-state index in [1.165, 1.54) is 41.5 Å². The van der Waals surface area contributed by atoms with Gasteiger partial charge in [-0.2, -0.15) is 0 Å². The molecule has 2 aromatic heterocycles. The van der Waals surface area contributed by atoms with E-state index in [9.17, 15) is 14.4 Å². The monoisotopic (exact) mass is 556 g/mol. The van der Waals surface area contributed by atoms with Gasteiger partial charge in [-0.3, -0.25) is 9.59 Å². The summed E-state index contributed by atoms with van der Waals surface area (Å²) in [4.78, 5) is 40.9. The lowest BCUT2D eigenvalue weighted by atomic mass is 9.72. The molecule has 2 heterocycles. The third kappa shape index (κ3) is 6.45. The van der Waals surface area contributed by atoms with Gasteiger partial charge < -0.3 is 15.4 Å². The van der Waals surface area contributed by atoms with Crippen LogP contribution in [0.2, 0.25) is 0 Å². The number of hydrogen-bond acceptors (Lipinski definition) is 7. The number of hydrogen-bond donors (Lipinski definition) is 2. The number of carbonyl (C=O) groups excluding carboxylic acids is 3. The number of ether oxygens (including phenoxy) is 1. The van der Waals surface area contributed by atoms with Gasteiger partial charge in [-0.25, -0.2) is 4.79 Å². The van der Waals surface area contributed by atoms with Crippen molar-refractivity contribution >= 4 is 62.9 Å². The van der Waals surface area contributed by atoms with Crippen molar-refractivity contribution in [3.05, 3.63) is 62.7 Å². The van der Waals surface area contributed by atoms with Gasteiger partial charge in [0, 0.05) is 15.5 Å². The maximum Gasteiger partial charge on any atom is 0.341 e. The number of thioether (sulfide) groups is 1. The van der Waals surface area contributed by atoms with Gasteiger partial charge in [-0.1, -0.05) is 32.9 Å². The molecular formula is C28H32N2O4S3. The van der Waals surface area contributed by atoms with Crippen molar-refractivity contribution in [1.82, 2.24) is 0 Å². The Balaban J connectivity index is 1.46. The van der Waals surface area contributed by atoms with Gasteiger partial charge >= 0.3 is 5.97 Å². The Bertz CT molecular complexity index is 1290. The van der Waals surface area contributed by atoms with Gasteiger partial charge in [0.05, 0.1) is 22.8 Å². The highest BCUT2D eigenvalue weighted by Crippen LogP contribution is 2.44. The maximum atomic E-state index is 13.2. The van der Waals surface area contributed by atoms with Crippen LogP contribution in [0.3, 0.4) is 0 Å². The number of fused-ring (bicyclic) bond motifs is 1. The van der Waals surface area contributed by atoms with Crippen LogP contribution in [0.1, 0.15) is 64.6 Å². The van der Waals surface area contributed by atoms with Crippen molar-refractivity contribution in [3.8, 4) is 0 Å². The Kier molecular flexibility index (Phi) is 8.46. The Morgan fingerprint density at radius 3 is 2.59 bits per heavy atom. The number of benzene rings is 1. The minimum absolute atomic E-state index is 0.159. The second kappa shape index (κ2) is 11.4. The molecule has 37 heavy (non-hydrogen) atoms. The highest BCUT2D eigenvalue weighted by molar-refractivity contribution is 8.00. The summed E-state index contributed by atoms with van der Waals surface area (Å²) in [5.74, 6) is -0.228. The highest BCUT2D eigenvalue weighted by atomic mass is 32.2. The van der Waals surface area contributed by atoms with E-state index in [1.807, 2.05) is 42.6 Å². The first-order chi connectivity index (χ1) is 17.6. The Morgan fingerprint density at radius 2 is 1.92 bits per heavy atom. The predicted molar refractivity (Wildman–Crippen MR) is 153 cm³/mol. The van der Waals surface area contributed by atoms with Gasteiger partial charge in [-0.15, -0.1) is 34.4 Å². The third-order valence-electron chi connectivity index (χ3n) is 6.64. The quantitative estimate of drug-likeness (QED) is 0.239. The van der Waals surface area contributed by atoms with Crippen molar-refractivity contribution in [2.24, 2.45) is 11.3 Å². The highest BCUT2D eigenvalue weighted by Gasteiger charge is 2.34. The lowest BCUT2D eigenvalue weighted by Gasteiger charge is -2.33. The number of thiophene rings is 2. The normalized spacial score (nSPS) is 16.0. The fourth-order valence-corrected chi connectivity index (χ4v) is 7.31. The zero-order chi connectivity index (χ0) is 26.7. The first-order valence-electron chi connectivity index (χ1n) is 12.2. The second-order valence-electron chi connectivity index (χ2n) is 10.2. The number of carbonyl (C=O) groups is 3. The summed E-state index contributed by atoms with van der Waals surface area (Å²) in [5, 5.41) is 7.92. The van der Waals surface area contributed by atoms with Crippen LogP contribution in [0.25, 0.3) is 0 Å². The maximum absolute atomic E-state index is 13.2. The summed E-state index contributed by atoms with van der Waals surface area (Å²) >= 11 is 4.28. The molecule has 0 bridgehead atoms. The van der Waals surface area contributed by atoms with Crippen LogP contribution in [-0.4, -0.2) is 30.1 Å². The standard InChI is InChI=1S/C28H32N2O4S3/c1-16(36-19-9-6-8-18(15-19)29-25(32)21-10-7-13-35-21)24(31)30-26-23(27(33)34-5)20-12-11-17(28(2,3)4)14-22(20)37-26/h6-10,13,15-17H,11-12,14H2,1-5H3,(H,29,32)(H,30,31). The first-order valence-corrected chi connectivity index (χ1v) is 14.8. The zero-order valence-electron chi connectivity index (χ0n) is 21.7. The fraction of sp³-hybridized carbons (Fsp3) is 0.393. The topological polar surface area (TPSA) is 84.5 Å². The molecule has 0 fully saturated rings. The Hall–Kier alpha value is -2.62.